The second-order valence-corrected chi connectivity index (χ2v) is 4.36. The minimum atomic E-state index is -0.404. The monoisotopic (exact) mass is 269 g/mol. The van der Waals surface area contributed by atoms with Crippen molar-refractivity contribution < 1.29 is 9.21 Å². The molecule has 0 aliphatic carbocycles. The van der Waals surface area contributed by atoms with Crippen molar-refractivity contribution in [2.75, 3.05) is 5.32 Å². The Morgan fingerprint density at radius 1 is 1.40 bits per heavy atom. The smallest absolute Gasteiger partial charge is 0.242 e. The topological polar surface area (TPSA) is 78.1 Å². The lowest BCUT2D eigenvalue weighted by atomic mass is 10.2. The van der Waals surface area contributed by atoms with Crippen LogP contribution in [0, 0.1) is 11.3 Å². The zero-order chi connectivity index (χ0) is 14.4. The van der Waals surface area contributed by atoms with Gasteiger partial charge in [0.2, 0.25) is 5.91 Å². The number of nitriles is 1. The average Bonchev–Trinajstić information content (AvgIpc) is 2.98. The van der Waals surface area contributed by atoms with E-state index in [0.29, 0.717) is 17.9 Å². The van der Waals surface area contributed by atoms with Crippen LogP contribution < -0.4 is 10.6 Å². The van der Waals surface area contributed by atoms with E-state index in [9.17, 15) is 4.79 Å². The van der Waals surface area contributed by atoms with E-state index >= 15 is 0 Å². The number of benzene rings is 1. The van der Waals surface area contributed by atoms with E-state index in [1.807, 2.05) is 6.07 Å². The molecule has 0 spiro atoms. The van der Waals surface area contributed by atoms with Crippen molar-refractivity contribution in [2.24, 2.45) is 0 Å². The third kappa shape index (κ3) is 3.62. The molecule has 5 heteroatoms. The summed E-state index contributed by atoms with van der Waals surface area (Å²) in [5.41, 5.74) is 1.29. The largest absolute Gasteiger partial charge is 0.467 e. The van der Waals surface area contributed by atoms with Crippen LogP contribution >= 0.6 is 0 Å². The summed E-state index contributed by atoms with van der Waals surface area (Å²) in [6, 6.07) is 12.2. The highest BCUT2D eigenvalue weighted by Crippen LogP contribution is 2.11. The van der Waals surface area contributed by atoms with Crippen LogP contribution in [0.25, 0.3) is 0 Å². The van der Waals surface area contributed by atoms with Crippen molar-refractivity contribution in [1.82, 2.24) is 5.32 Å². The van der Waals surface area contributed by atoms with Gasteiger partial charge in [-0.05, 0) is 37.3 Å². The Bertz CT molecular complexity index is 614. The summed E-state index contributed by atoms with van der Waals surface area (Å²) in [4.78, 5) is 11.9. The predicted molar refractivity (Wildman–Crippen MR) is 74.8 cm³/mol. The Hall–Kier alpha value is -2.74. The van der Waals surface area contributed by atoms with E-state index in [2.05, 4.69) is 16.7 Å². The van der Waals surface area contributed by atoms with Crippen molar-refractivity contribution in [3.05, 3.63) is 54.0 Å². The van der Waals surface area contributed by atoms with Gasteiger partial charge < -0.3 is 15.1 Å². The van der Waals surface area contributed by atoms with E-state index in [-0.39, 0.29) is 5.91 Å². The summed E-state index contributed by atoms with van der Waals surface area (Å²) < 4.78 is 5.14. The Kier molecular flexibility index (Phi) is 4.40. The summed E-state index contributed by atoms with van der Waals surface area (Å²) in [6.07, 6.45) is 1.57. The van der Waals surface area contributed by atoms with E-state index in [1.165, 1.54) is 0 Å². The van der Waals surface area contributed by atoms with E-state index in [0.717, 1.165) is 5.69 Å². The van der Waals surface area contributed by atoms with Gasteiger partial charge in [-0.15, -0.1) is 0 Å². The molecule has 1 amide bonds. The molecule has 0 aliphatic heterocycles. The summed E-state index contributed by atoms with van der Waals surface area (Å²) in [6.45, 7) is 2.12. The van der Waals surface area contributed by atoms with Gasteiger partial charge in [0.1, 0.15) is 11.8 Å². The summed E-state index contributed by atoms with van der Waals surface area (Å²) in [5, 5.41) is 14.7. The number of anilines is 1. The molecule has 1 unspecified atom stereocenters. The quantitative estimate of drug-likeness (QED) is 0.872. The molecule has 102 valence electrons. The van der Waals surface area contributed by atoms with Crippen molar-refractivity contribution in [3.63, 3.8) is 0 Å². The first-order valence-electron chi connectivity index (χ1n) is 6.26. The normalized spacial score (nSPS) is 11.4. The number of amides is 1. The van der Waals surface area contributed by atoms with Gasteiger partial charge in [-0.1, -0.05) is 6.07 Å². The molecule has 0 bridgehead atoms. The Labute approximate surface area is 117 Å². The fraction of sp³-hybridized carbons (Fsp3) is 0.200. The van der Waals surface area contributed by atoms with Crippen LogP contribution in [0.5, 0.6) is 0 Å². The first kappa shape index (κ1) is 13.7. The molecule has 2 rings (SSSR count). The molecule has 2 aromatic rings. The maximum absolute atomic E-state index is 11.9. The minimum Gasteiger partial charge on any atom is -0.467 e. The molecule has 0 saturated carbocycles. The SMILES string of the molecule is CC(Nc1cccc(C#N)c1)C(=O)NCc1ccco1. The summed E-state index contributed by atoms with van der Waals surface area (Å²) >= 11 is 0. The van der Waals surface area contributed by atoms with Crippen molar-refractivity contribution >= 4 is 11.6 Å². The third-order valence-electron chi connectivity index (χ3n) is 2.79. The Morgan fingerprint density at radius 2 is 2.25 bits per heavy atom. The first-order chi connectivity index (χ1) is 9.69. The number of carbonyl (C=O) groups is 1. The Balaban J connectivity index is 1.88. The highest BCUT2D eigenvalue weighted by molar-refractivity contribution is 5.84. The van der Waals surface area contributed by atoms with Gasteiger partial charge in [0.25, 0.3) is 0 Å². The molecule has 0 radical (unpaired) electrons. The highest BCUT2D eigenvalue weighted by Gasteiger charge is 2.12. The lowest BCUT2D eigenvalue weighted by Gasteiger charge is -2.14. The predicted octanol–water partition coefficient (Wildman–Crippen LogP) is 2.27. The maximum atomic E-state index is 11.9. The van der Waals surface area contributed by atoms with Crippen molar-refractivity contribution in [3.8, 4) is 6.07 Å². The van der Waals surface area contributed by atoms with Gasteiger partial charge in [0, 0.05) is 5.69 Å². The molecule has 0 saturated heterocycles. The maximum Gasteiger partial charge on any atom is 0.242 e. The number of nitrogens with zero attached hydrogens (tertiary/aromatic N) is 1. The highest BCUT2D eigenvalue weighted by atomic mass is 16.3. The van der Waals surface area contributed by atoms with Gasteiger partial charge in [0.05, 0.1) is 24.4 Å². The molecule has 1 aromatic heterocycles. The zero-order valence-electron chi connectivity index (χ0n) is 11.1. The van der Waals surface area contributed by atoms with Crippen LogP contribution in [0.2, 0.25) is 0 Å². The fourth-order valence-corrected chi connectivity index (χ4v) is 1.73. The summed E-state index contributed by atoms with van der Waals surface area (Å²) in [7, 11) is 0. The number of nitrogens with one attached hydrogen (secondary N) is 2. The molecule has 1 heterocycles. The van der Waals surface area contributed by atoms with Gasteiger partial charge in [-0.25, -0.2) is 0 Å². The van der Waals surface area contributed by atoms with E-state index < -0.39 is 6.04 Å². The fourth-order valence-electron chi connectivity index (χ4n) is 1.73. The molecular weight excluding hydrogens is 254 g/mol. The van der Waals surface area contributed by atoms with Crippen LogP contribution in [0.4, 0.5) is 5.69 Å². The van der Waals surface area contributed by atoms with Gasteiger partial charge in [-0.3, -0.25) is 4.79 Å². The van der Waals surface area contributed by atoms with Crippen LogP contribution in [-0.2, 0) is 11.3 Å². The van der Waals surface area contributed by atoms with Gasteiger partial charge >= 0.3 is 0 Å². The molecule has 20 heavy (non-hydrogen) atoms. The molecule has 0 aliphatic rings. The number of carbonyl (C=O) groups excluding carboxylic acids is 1. The average molecular weight is 269 g/mol. The lowest BCUT2D eigenvalue weighted by molar-refractivity contribution is -0.121. The van der Waals surface area contributed by atoms with Crippen LogP contribution in [0.3, 0.4) is 0 Å². The van der Waals surface area contributed by atoms with E-state index in [1.54, 1.807) is 43.5 Å². The first-order valence-corrected chi connectivity index (χ1v) is 6.26. The van der Waals surface area contributed by atoms with Gasteiger partial charge in [-0.2, -0.15) is 5.26 Å². The molecule has 0 fully saturated rings. The van der Waals surface area contributed by atoms with Crippen molar-refractivity contribution in [2.45, 2.75) is 19.5 Å². The standard InChI is InChI=1S/C15H15N3O2/c1-11(15(19)17-10-14-6-3-7-20-14)18-13-5-2-4-12(8-13)9-16/h2-8,11,18H,10H2,1H3,(H,17,19). The Morgan fingerprint density at radius 3 is 2.95 bits per heavy atom. The minimum absolute atomic E-state index is 0.135. The number of rotatable bonds is 5. The van der Waals surface area contributed by atoms with Crippen molar-refractivity contribution in [1.29, 1.82) is 5.26 Å². The van der Waals surface area contributed by atoms with Crippen LogP contribution in [-0.4, -0.2) is 11.9 Å². The molecule has 1 atom stereocenters. The molecule has 5 nitrogen and oxygen atoms in total. The molecular formula is C15H15N3O2. The van der Waals surface area contributed by atoms with Crippen LogP contribution in [0.15, 0.2) is 47.1 Å². The lowest BCUT2D eigenvalue weighted by Crippen LogP contribution is -2.37. The van der Waals surface area contributed by atoms with Gasteiger partial charge in [0.15, 0.2) is 0 Å². The van der Waals surface area contributed by atoms with Crippen LogP contribution in [0.1, 0.15) is 18.2 Å². The third-order valence-corrected chi connectivity index (χ3v) is 2.79. The van der Waals surface area contributed by atoms with E-state index in [4.69, 9.17) is 9.68 Å². The number of furan rings is 1. The summed E-state index contributed by atoms with van der Waals surface area (Å²) in [5.74, 6) is 0.570. The molecule has 2 N–H and O–H groups in total. The second kappa shape index (κ2) is 6.43. The number of hydrogen-bond acceptors (Lipinski definition) is 4. The zero-order valence-corrected chi connectivity index (χ0v) is 11.1. The number of hydrogen-bond donors (Lipinski definition) is 2. The second-order valence-electron chi connectivity index (χ2n) is 4.36. The molecule has 1 aromatic carbocycles.